The Hall–Kier alpha value is -3.15. The fraction of sp³-hybridized carbons (Fsp3) is 0.304. The molecule has 8 heteroatoms. The number of ether oxygens (including phenoxy) is 1. The van der Waals surface area contributed by atoms with E-state index in [9.17, 15) is 9.59 Å². The van der Waals surface area contributed by atoms with Crippen LogP contribution < -0.4 is 10.5 Å². The first-order valence-electron chi connectivity index (χ1n) is 9.92. The number of carbonyl (C=O) groups is 1. The summed E-state index contributed by atoms with van der Waals surface area (Å²) in [6, 6.07) is 18.3. The molecular formula is C23H24N4O3S. The van der Waals surface area contributed by atoms with Crippen molar-refractivity contribution in [1.82, 2.24) is 9.55 Å². The Labute approximate surface area is 185 Å². The van der Waals surface area contributed by atoms with Crippen molar-refractivity contribution in [2.75, 3.05) is 30.9 Å². The van der Waals surface area contributed by atoms with E-state index in [0.717, 1.165) is 5.69 Å². The van der Waals surface area contributed by atoms with Crippen molar-refractivity contribution in [1.29, 1.82) is 5.26 Å². The van der Waals surface area contributed by atoms with Crippen molar-refractivity contribution in [2.45, 2.75) is 24.5 Å². The van der Waals surface area contributed by atoms with Crippen LogP contribution in [-0.2, 0) is 9.53 Å². The number of benzene rings is 2. The van der Waals surface area contributed by atoms with Crippen LogP contribution in [0.3, 0.4) is 0 Å². The first-order valence-corrected chi connectivity index (χ1v) is 10.9. The first-order chi connectivity index (χ1) is 15.1. The summed E-state index contributed by atoms with van der Waals surface area (Å²) < 4.78 is 6.83. The van der Waals surface area contributed by atoms with E-state index < -0.39 is 0 Å². The fourth-order valence-corrected chi connectivity index (χ4v) is 4.28. The zero-order valence-electron chi connectivity index (χ0n) is 17.5. The van der Waals surface area contributed by atoms with Crippen molar-refractivity contribution in [3.63, 3.8) is 0 Å². The van der Waals surface area contributed by atoms with Gasteiger partial charge in [0.15, 0.2) is 5.16 Å². The minimum absolute atomic E-state index is 0.0881. The molecule has 0 fully saturated rings. The normalized spacial score (nSPS) is 11.8. The molecule has 0 aliphatic rings. The monoisotopic (exact) mass is 436 g/mol. The predicted molar refractivity (Wildman–Crippen MR) is 122 cm³/mol. The Kier molecular flexibility index (Phi) is 7.82. The standard InChI is InChI=1S/C23H24N4O3S/c1-17(15-30-2)27-22(29)19-11-6-7-12-20(19)25-23(27)31-16-21(28)26(14-8-13-24)18-9-4-3-5-10-18/h3-7,9-12,17H,8,14-16H2,1-2H3/t17-/m1/s1. The lowest BCUT2D eigenvalue weighted by Gasteiger charge is -2.22. The zero-order chi connectivity index (χ0) is 22.2. The largest absolute Gasteiger partial charge is 0.383 e. The van der Waals surface area contributed by atoms with E-state index in [1.54, 1.807) is 34.8 Å². The first kappa shape index (κ1) is 22.5. The van der Waals surface area contributed by atoms with Gasteiger partial charge in [0.2, 0.25) is 5.91 Å². The third kappa shape index (κ3) is 5.32. The van der Waals surface area contributed by atoms with Gasteiger partial charge in [-0.05, 0) is 31.2 Å². The molecule has 3 aromatic rings. The molecule has 1 atom stereocenters. The summed E-state index contributed by atoms with van der Waals surface area (Å²) >= 11 is 1.22. The number of nitriles is 1. The van der Waals surface area contributed by atoms with Crippen molar-refractivity contribution in [3.05, 3.63) is 65.0 Å². The van der Waals surface area contributed by atoms with Gasteiger partial charge in [-0.1, -0.05) is 42.1 Å². The fourth-order valence-electron chi connectivity index (χ4n) is 3.30. The number of amides is 1. The molecule has 3 rings (SSSR count). The summed E-state index contributed by atoms with van der Waals surface area (Å²) in [6.45, 7) is 2.54. The van der Waals surface area contributed by atoms with Crippen LogP contribution in [0, 0.1) is 11.3 Å². The highest BCUT2D eigenvalue weighted by Crippen LogP contribution is 2.23. The number of aromatic nitrogens is 2. The summed E-state index contributed by atoms with van der Waals surface area (Å²) in [4.78, 5) is 32.4. The third-order valence-electron chi connectivity index (χ3n) is 4.76. The number of fused-ring (bicyclic) bond motifs is 1. The molecular weight excluding hydrogens is 412 g/mol. The second-order valence-corrected chi connectivity index (χ2v) is 7.91. The van der Waals surface area contributed by atoms with E-state index in [2.05, 4.69) is 11.1 Å². The molecule has 160 valence electrons. The van der Waals surface area contributed by atoms with Crippen LogP contribution in [0.5, 0.6) is 0 Å². The van der Waals surface area contributed by atoms with E-state index in [1.807, 2.05) is 43.3 Å². The molecule has 0 radical (unpaired) electrons. The van der Waals surface area contributed by atoms with Gasteiger partial charge in [-0.2, -0.15) is 5.26 Å². The average Bonchev–Trinajstić information content (AvgIpc) is 2.79. The lowest BCUT2D eigenvalue weighted by atomic mass is 10.2. The van der Waals surface area contributed by atoms with E-state index in [1.165, 1.54) is 11.8 Å². The van der Waals surface area contributed by atoms with E-state index in [0.29, 0.717) is 29.2 Å². The zero-order valence-corrected chi connectivity index (χ0v) is 18.3. The molecule has 1 amide bonds. The molecule has 1 aromatic heterocycles. The molecule has 2 aromatic carbocycles. The lowest BCUT2D eigenvalue weighted by molar-refractivity contribution is -0.116. The molecule has 0 N–H and O–H groups in total. The summed E-state index contributed by atoms with van der Waals surface area (Å²) in [5, 5.41) is 9.97. The molecule has 0 aliphatic carbocycles. The Morgan fingerprint density at radius 3 is 2.65 bits per heavy atom. The average molecular weight is 437 g/mol. The van der Waals surface area contributed by atoms with Gasteiger partial charge in [0, 0.05) is 19.3 Å². The van der Waals surface area contributed by atoms with Crippen LogP contribution in [0.4, 0.5) is 5.69 Å². The number of carbonyl (C=O) groups excluding carboxylic acids is 1. The molecule has 0 aliphatic heterocycles. The van der Waals surface area contributed by atoms with Gasteiger partial charge in [0.1, 0.15) is 0 Å². The Morgan fingerprint density at radius 2 is 1.94 bits per heavy atom. The van der Waals surface area contributed by atoms with Crippen LogP contribution in [-0.4, -0.2) is 41.5 Å². The maximum atomic E-state index is 13.1. The van der Waals surface area contributed by atoms with Crippen LogP contribution in [0.2, 0.25) is 0 Å². The van der Waals surface area contributed by atoms with Crippen LogP contribution in [0.15, 0.2) is 64.5 Å². The SMILES string of the molecule is COC[C@@H](C)n1c(SCC(=O)N(CCC#N)c2ccccc2)nc2ccccc2c1=O. The molecule has 31 heavy (non-hydrogen) atoms. The summed E-state index contributed by atoms with van der Waals surface area (Å²) in [7, 11) is 1.58. The van der Waals surface area contributed by atoms with Crippen LogP contribution >= 0.6 is 11.8 Å². The molecule has 0 saturated carbocycles. The number of nitrogens with zero attached hydrogens (tertiary/aromatic N) is 4. The van der Waals surface area contributed by atoms with E-state index in [-0.39, 0.29) is 29.7 Å². The van der Waals surface area contributed by atoms with Crippen molar-refractivity contribution in [2.24, 2.45) is 0 Å². The van der Waals surface area contributed by atoms with Gasteiger partial charge in [-0.3, -0.25) is 14.2 Å². The molecule has 7 nitrogen and oxygen atoms in total. The van der Waals surface area contributed by atoms with Crippen molar-refractivity contribution in [3.8, 4) is 6.07 Å². The number of methoxy groups -OCH3 is 1. The van der Waals surface area contributed by atoms with Crippen LogP contribution in [0.25, 0.3) is 10.9 Å². The number of hydrogen-bond donors (Lipinski definition) is 0. The second kappa shape index (κ2) is 10.8. The molecule has 0 saturated heterocycles. The highest BCUT2D eigenvalue weighted by atomic mass is 32.2. The maximum absolute atomic E-state index is 13.1. The molecule has 1 heterocycles. The van der Waals surface area contributed by atoms with Gasteiger partial charge in [-0.15, -0.1) is 0 Å². The highest BCUT2D eigenvalue weighted by Gasteiger charge is 2.20. The van der Waals surface area contributed by atoms with E-state index in [4.69, 9.17) is 10.00 Å². The Balaban J connectivity index is 1.91. The number of hydrogen-bond acceptors (Lipinski definition) is 6. The van der Waals surface area contributed by atoms with Gasteiger partial charge in [-0.25, -0.2) is 4.98 Å². The van der Waals surface area contributed by atoms with Crippen molar-refractivity contribution < 1.29 is 9.53 Å². The van der Waals surface area contributed by atoms with Gasteiger partial charge >= 0.3 is 0 Å². The quantitative estimate of drug-likeness (QED) is 0.376. The third-order valence-corrected chi connectivity index (χ3v) is 5.70. The summed E-state index contributed by atoms with van der Waals surface area (Å²) in [6.07, 6.45) is 0.231. The number of rotatable bonds is 9. The minimum Gasteiger partial charge on any atom is -0.383 e. The van der Waals surface area contributed by atoms with E-state index >= 15 is 0 Å². The van der Waals surface area contributed by atoms with Crippen molar-refractivity contribution >= 4 is 34.3 Å². The van der Waals surface area contributed by atoms with Gasteiger partial charge < -0.3 is 9.64 Å². The number of thioether (sulfide) groups is 1. The molecule has 0 bridgehead atoms. The molecule has 0 unspecified atom stereocenters. The highest BCUT2D eigenvalue weighted by molar-refractivity contribution is 7.99. The number of para-hydroxylation sites is 2. The Bertz CT molecular complexity index is 1140. The van der Waals surface area contributed by atoms with Gasteiger partial charge in [0.25, 0.3) is 5.56 Å². The van der Waals surface area contributed by atoms with Crippen LogP contribution in [0.1, 0.15) is 19.4 Å². The lowest BCUT2D eigenvalue weighted by Crippen LogP contribution is -2.34. The second-order valence-electron chi connectivity index (χ2n) is 6.97. The summed E-state index contributed by atoms with van der Waals surface area (Å²) in [5.74, 6) is -0.0649. The Morgan fingerprint density at radius 1 is 1.23 bits per heavy atom. The maximum Gasteiger partial charge on any atom is 0.262 e. The molecule has 0 spiro atoms. The predicted octanol–water partition coefficient (Wildman–Crippen LogP) is 3.64. The topological polar surface area (TPSA) is 88.2 Å². The van der Waals surface area contributed by atoms with Gasteiger partial charge in [0.05, 0.1) is 41.8 Å². The minimum atomic E-state index is -0.240. The number of anilines is 1. The summed E-state index contributed by atoms with van der Waals surface area (Å²) in [5.41, 5.74) is 1.17. The smallest absolute Gasteiger partial charge is 0.262 e.